The lowest BCUT2D eigenvalue weighted by molar-refractivity contribution is -0.119. The Balaban J connectivity index is 1.68. The molecule has 1 aromatic heterocycles. The van der Waals surface area contributed by atoms with E-state index in [1.54, 1.807) is 0 Å². The summed E-state index contributed by atoms with van der Waals surface area (Å²) < 4.78 is 8.76. The first kappa shape index (κ1) is 17.7. The molecule has 2 fully saturated rings. The number of ether oxygens (including phenoxy) is 1. The normalized spacial score (nSPS) is 22.5. The van der Waals surface area contributed by atoms with Crippen molar-refractivity contribution in [3.8, 4) is 5.69 Å². The smallest absolute Gasteiger partial charge is 0.276 e. The predicted molar refractivity (Wildman–Crippen MR) is 102 cm³/mol. The number of halogens is 1. The minimum absolute atomic E-state index is 0.00796. The second-order valence-corrected chi connectivity index (χ2v) is 8.78. The largest absolute Gasteiger partial charge is 0.369 e. The van der Waals surface area contributed by atoms with Crippen LogP contribution in [0.2, 0.25) is 0 Å². The molecule has 1 atom stereocenters. The molecular formula is C19H23BrN4O2. The Bertz CT molecular complexity index is 827. The van der Waals surface area contributed by atoms with Gasteiger partial charge in [0.25, 0.3) is 5.91 Å². The summed E-state index contributed by atoms with van der Waals surface area (Å²) in [5, 5.41) is 8.61. The zero-order valence-electron chi connectivity index (χ0n) is 15.3. The van der Waals surface area contributed by atoms with Crippen LogP contribution in [-0.2, 0) is 4.74 Å². The van der Waals surface area contributed by atoms with Crippen molar-refractivity contribution >= 4 is 21.8 Å². The van der Waals surface area contributed by atoms with E-state index in [9.17, 15) is 4.79 Å². The molecule has 1 aliphatic heterocycles. The van der Waals surface area contributed by atoms with Gasteiger partial charge in [0, 0.05) is 23.5 Å². The maximum absolute atomic E-state index is 13.2. The van der Waals surface area contributed by atoms with Crippen LogP contribution in [0.5, 0.6) is 0 Å². The number of aromatic nitrogens is 3. The van der Waals surface area contributed by atoms with E-state index >= 15 is 0 Å². The van der Waals surface area contributed by atoms with Crippen LogP contribution < -0.4 is 0 Å². The SMILES string of the molecule is CC1CN(C(=O)c2nnn(-c3ccc(Br)cc3)c2C2CC2)CC(C)(C)O1. The van der Waals surface area contributed by atoms with Crippen LogP contribution in [0.1, 0.15) is 55.7 Å². The van der Waals surface area contributed by atoms with Crippen molar-refractivity contribution in [2.75, 3.05) is 13.1 Å². The van der Waals surface area contributed by atoms with Crippen molar-refractivity contribution in [3.63, 3.8) is 0 Å². The highest BCUT2D eigenvalue weighted by molar-refractivity contribution is 9.10. The third kappa shape index (κ3) is 3.42. The van der Waals surface area contributed by atoms with Gasteiger partial charge in [-0.15, -0.1) is 5.10 Å². The summed E-state index contributed by atoms with van der Waals surface area (Å²) in [6.45, 7) is 7.18. The molecule has 4 rings (SSSR count). The van der Waals surface area contributed by atoms with Crippen molar-refractivity contribution in [2.45, 2.75) is 51.2 Å². The summed E-state index contributed by atoms with van der Waals surface area (Å²) in [4.78, 5) is 15.1. The lowest BCUT2D eigenvalue weighted by Crippen LogP contribution is -2.54. The standard InChI is InChI=1S/C19H23BrN4O2/c1-12-10-23(11-19(2,3)26-12)18(25)16-17(13-4-5-13)24(22-21-16)15-8-6-14(20)7-9-15/h6-9,12-13H,4-5,10-11H2,1-3H3. The molecule has 1 aromatic carbocycles. The van der Waals surface area contributed by atoms with Gasteiger partial charge in [-0.3, -0.25) is 4.79 Å². The van der Waals surface area contributed by atoms with Gasteiger partial charge in [-0.05, 0) is 57.9 Å². The van der Waals surface area contributed by atoms with Crippen molar-refractivity contribution < 1.29 is 9.53 Å². The Kier molecular flexibility index (Phi) is 4.39. The molecule has 1 saturated carbocycles. The van der Waals surface area contributed by atoms with E-state index in [-0.39, 0.29) is 17.6 Å². The van der Waals surface area contributed by atoms with Gasteiger partial charge in [-0.2, -0.15) is 0 Å². The molecule has 1 unspecified atom stereocenters. The molecule has 1 amide bonds. The van der Waals surface area contributed by atoms with Crippen LogP contribution >= 0.6 is 15.9 Å². The van der Waals surface area contributed by atoms with E-state index in [1.807, 2.05) is 54.6 Å². The van der Waals surface area contributed by atoms with Gasteiger partial charge in [0.1, 0.15) is 0 Å². The zero-order chi connectivity index (χ0) is 18.5. The summed E-state index contributed by atoms with van der Waals surface area (Å²) in [6, 6.07) is 7.92. The van der Waals surface area contributed by atoms with E-state index < -0.39 is 0 Å². The van der Waals surface area contributed by atoms with Gasteiger partial charge >= 0.3 is 0 Å². The number of hydrogen-bond donors (Lipinski definition) is 0. The Labute approximate surface area is 161 Å². The molecule has 6 nitrogen and oxygen atoms in total. The predicted octanol–water partition coefficient (Wildman–Crippen LogP) is 3.55. The number of nitrogens with zero attached hydrogens (tertiary/aromatic N) is 4. The van der Waals surface area contributed by atoms with Crippen LogP contribution in [0.3, 0.4) is 0 Å². The van der Waals surface area contributed by atoms with Crippen molar-refractivity contribution in [1.82, 2.24) is 19.9 Å². The van der Waals surface area contributed by atoms with Crippen molar-refractivity contribution in [1.29, 1.82) is 0 Å². The van der Waals surface area contributed by atoms with Crippen LogP contribution in [0.4, 0.5) is 0 Å². The third-order valence-corrected chi connectivity index (χ3v) is 5.33. The van der Waals surface area contributed by atoms with E-state index in [0.717, 1.165) is 28.7 Å². The Morgan fingerprint density at radius 2 is 1.96 bits per heavy atom. The number of amides is 1. The van der Waals surface area contributed by atoms with Gasteiger partial charge in [0.2, 0.25) is 0 Å². The first-order chi connectivity index (χ1) is 12.3. The molecule has 0 N–H and O–H groups in total. The number of rotatable bonds is 3. The molecule has 138 valence electrons. The monoisotopic (exact) mass is 418 g/mol. The number of carbonyl (C=O) groups excluding carboxylic acids is 1. The van der Waals surface area contributed by atoms with Crippen LogP contribution in [0.25, 0.3) is 5.69 Å². The Morgan fingerprint density at radius 1 is 1.27 bits per heavy atom. The summed E-state index contributed by atoms with van der Waals surface area (Å²) >= 11 is 3.46. The molecular weight excluding hydrogens is 396 g/mol. The minimum atomic E-state index is -0.352. The van der Waals surface area contributed by atoms with Crippen LogP contribution in [-0.4, -0.2) is 50.6 Å². The third-order valence-electron chi connectivity index (χ3n) is 4.80. The van der Waals surface area contributed by atoms with Crippen LogP contribution in [0, 0.1) is 0 Å². The molecule has 2 aromatic rings. The second kappa shape index (κ2) is 6.46. The highest BCUT2D eigenvalue weighted by Gasteiger charge is 2.39. The van der Waals surface area contributed by atoms with Gasteiger partial charge < -0.3 is 9.64 Å². The highest BCUT2D eigenvalue weighted by Crippen LogP contribution is 2.42. The van der Waals surface area contributed by atoms with Crippen LogP contribution in [0.15, 0.2) is 28.7 Å². The maximum atomic E-state index is 13.2. The van der Waals surface area contributed by atoms with E-state index in [1.165, 1.54) is 0 Å². The van der Waals surface area contributed by atoms with Crippen molar-refractivity contribution in [2.24, 2.45) is 0 Å². The summed E-state index contributed by atoms with van der Waals surface area (Å²) in [6.07, 6.45) is 2.17. The molecule has 0 radical (unpaired) electrons. The molecule has 1 aliphatic carbocycles. The van der Waals surface area contributed by atoms with Gasteiger partial charge in [0.05, 0.1) is 23.1 Å². The highest BCUT2D eigenvalue weighted by atomic mass is 79.9. The average molecular weight is 419 g/mol. The fourth-order valence-electron chi connectivity index (χ4n) is 3.70. The maximum Gasteiger partial charge on any atom is 0.276 e. The van der Waals surface area contributed by atoms with E-state index in [0.29, 0.717) is 24.7 Å². The number of morpholine rings is 1. The lowest BCUT2D eigenvalue weighted by Gasteiger charge is -2.41. The van der Waals surface area contributed by atoms with Gasteiger partial charge in [-0.1, -0.05) is 21.1 Å². The number of benzene rings is 1. The Hall–Kier alpha value is -1.73. The van der Waals surface area contributed by atoms with Crippen molar-refractivity contribution in [3.05, 3.63) is 40.1 Å². The number of hydrogen-bond acceptors (Lipinski definition) is 4. The molecule has 2 aliphatic rings. The summed E-state index contributed by atoms with van der Waals surface area (Å²) in [5.74, 6) is 0.317. The fourth-order valence-corrected chi connectivity index (χ4v) is 3.96. The Morgan fingerprint density at radius 3 is 2.58 bits per heavy atom. The fraction of sp³-hybridized carbons (Fsp3) is 0.526. The number of carbonyl (C=O) groups is 1. The minimum Gasteiger partial charge on any atom is -0.369 e. The second-order valence-electron chi connectivity index (χ2n) is 7.86. The van der Waals surface area contributed by atoms with E-state index in [4.69, 9.17) is 4.74 Å². The summed E-state index contributed by atoms with van der Waals surface area (Å²) in [5.41, 5.74) is 2.00. The molecule has 26 heavy (non-hydrogen) atoms. The molecule has 2 heterocycles. The van der Waals surface area contributed by atoms with Gasteiger partial charge in [-0.25, -0.2) is 4.68 Å². The first-order valence-corrected chi connectivity index (χ1v) is 9.82. The van der Waals surface area contributed by atoms with E-state index in [2.05, 4.69) is 26.2 Å². The van der Waals surface area contributed by atoms with Gasteiger partial charge in [0.15, 0.2) is 5.69 Å². The first-order valence-electron chi connectivity index (χ1n) is 9.03. The molecule has 0 spiro atoms. The summed E-state index contributed by atoms with van der Waals surface area (Å²) in [7, 11) is 0. The zero-order valence-corrected chi connectivity index (χ0v) is 16.9. The molecule has 1 saturated heterocycles. The topological polar surface area (TPSA) is 60.2 Å². The lowest BCUT2D eigenvalue weighted by atomic mass is 10.0. The quantitative estimate of drug-likeness (QED) is 0.764. The average Bonchev–Trinajstić information content (AvgIpc) is 3.31. The molecule has 7 heteroatoms. The molecule has 0 bridgehead atoms.